The maximum atomic E-state index is 13.2. The van der Waals surface area contributed by atoms with Crippen molar-refractivity contribution < 1.29 is 33.9 Å². The normalized spacial score (nSPS) is 13.9. The van der Waals surface area contributed by atoms with Crippen molar-refractivity contribution >= 4 is 41.5 Å². The summed E-state index contributed by atoms with van der Waals surface area (Å²) in [5.41, 5.74) is 22.3. The minimum absolute atomic E-state index is 0.0272. The van der Waals surface area contributed by atoms with E-state index in [9.17, 15) is 33.9 Å². The molecule has 256 valence electrons. The number of aliphatic imine (C=N–C) groups is 1. The molecule has 46 heavy (non-hydrogen) atoms. The van der Waals surface area contributed by atoms with Crippen LogP contribution in [-0.4, -0.2) is 96.4 Å². The molecule has 0 fully saturated rings. The number of carbonyl (C=O) groups excluding carboxylic acids is 5. The molecule has 0 heterocycles. The summed E-state index contributed by atoms with van der Waals surface area (Å²) >= 11 is 0. The van der Waals surface area contributed by atoms with Gasteiger partial charge in [-0.2, -0.15) is 0 Å². The topological polar surface area (TPSA) is 299 Å². The zero-order valence-electron chi connectivity index (χ0n) is 26.3. The van der Waals surface area contributed by atoms with E-state index in [0.29, 0.717) is 24.9 Å². The van der Waals surface area contributed by atoms with Crippen molar-refractivity contribution in [3.8, 4) is 0 Å². The average Bonchev–Trinajstić information content (AvgIpc) is 3.01. The Balaban J connectivity index is 2.94. The van der Waals surface area contributed by atoms with Crippen molar-refractivity contribution in [2.24, 2.45) is 27.9 Å². The summed E-state index contributed by atoms with van der Waals surface area (Å²) in [5, 5.41) is 22.1. The van der Waals surface area contributed by atoms with E-state index < -0.39 is 65.7 Å². The van der Waals surface area contributed by atoms with Gasteiger partial charge in [0.15, 0.2) is 5.96 Å². The number of rotatable bonds is 21. The third-order valence-corrected chi connectivity index (χ3v) is 6.76. The highest BCUT2D eigenvalue weighted by Crippen LogP contribution is 2.06. The van der Waals surface area contributed by atoms with Crippen molar-refractivity contribution in [2.75, 3.05) is 19.6 Å². The number of amides is 5. The van der Waals surface area contributed by atoms with Gasteiger partial charge in [-0.15, -0.1) is 0 Å². The Morgan fingerprint density at radius 1 is 0.717 bits per heavy atom. The Morgan fingerprint density at radius 3 is 1.74 bits per heavy atom. The van der Waals surface area contributed by atoms with Crippen LogP contribution in [-0.2, 0) is 35.2 Å². The second kappa shape index (κ2) is 21.1. The van der Waals surface area contributed by atoms with Gasteiger partial charge in [-0.05, 0) is 58.1 Å². The van der Waals surface area contributed by atoms with Crippen LogP contribution in [0.25, 0.3) is 0 Å². The first kappa shape index (κ1) is 39.3. The lowest BCUT2D eigenvalue weighted by molar-refractivity contribution is -0.142. The molecule has 0 saturated heterocycles. The van der Waals surface area contributed by atoms with Crippen LogP contribution >= 0.6 is 0 Å². The maximum absolute atomic E-state index is 13.2. The van der Waals surface area contributed by atoms with Gasteiger partial charge in [0.05, 0.1) is 6.54 Å². The van der Waals surface area contributed by atoms with Gasteiger partial charge in [0.1, 0.15) is 30.2 Å². The summed E-state index contributed by atoms with van der Waals surface area (Å²) < 4.78 is 0. The summed E-state index contributed by atoms with van der Waals surface area (Å²) in [6.07, 6.45) is 1.79. The number of guanidine groups is 1. The first-order valence-electron chi connectivity index (χ1n) is 15.0. The lowest BCUT2D eigenvalue weighted by atomic mass is 10.1. The average molecular weight is 649 g/mol. The summed E-state index contributed by atoms with van der Waals surface area (Å²) in [6.45, 7) is 3.00. The largest absolute Gasteiger partial charge is 0.480 e. The lowest BCUT2D eigenvalue weighted by Crippen LogP contribution is -2.58. The molecule has 14 N–H and O–H groups in total. The molecule has 5 atom stereocenters. The molecule has 0 aliphatic rings. The van der Waals surface area contributed by atoms with Crippen LogP contribution in [0.3, 0.4) is 0 Å². The Bertz CT molecular complexity index is 1190. The predicted molar refractivity (Wildman–Crippen MR) is 171 cm³/mol. The van der Waals surface area contributed by atoms with Gasteiger partial charge < -0.3 is 54.6 Å². The molecule has 1 aromatic rings. The molecule has 0 bridgehead atoms. The second-order valence-electron chi connectivity index (χ2n) is 10.7. The number of benzene rings is 1. The molecular weight excluding hydrogens is 600 g/mol. The highest BCUT2D eigenvalue weighted by Gasteiger charge is 2.29. The number of nitrogens with one attached hydrogen (secondary N) is 5. The van der Waals surface area contributed by atoms with Crippen LogP contribution in [0.4, 0.5) is 0 Å². The molecule has 0 aliphatic heterocycles. The van der Waals surface area contributed by atoms with E-state index in [1.165, 1.54) is 13.8 Å². The third-order valence-electron chi connectivity index (χ3n) is 6.76. The number of nitrogens with two attached hydrogens (primary N) is 4. The van der Waals surface area contributed by atoms with E-state index in [1.807, 2.05) is 0 Å². The molecule has 5 amide bonds. The van der Waals surface area contributed by atoms with Crippen LogP contribution < -0.4 is 49.5 Å². The molecule has 1 rings (SSSR count). The molecule has 17 nitrogen and oxygen atoms in total. The summed E-state index contributed by atoms with van der Waals surface area (Å²) in [6, 6.07) is 3.06. The molecule has 17 heteroatoms. The van der Waals surface area contributed by atoms with Crippen molar-refractivity contribution in [1.29, 1.82) is 0 Å². The van der Waals surface area contributed by atoms with Gasteiger partial charge in [0.2, 0.25) is 29.5 Å². The molecule has 0 unspecified atom stereocenters. The second-order valence-corrected chi connectivity index (χ2v) is 10.7. The van der Waals surface area contributed by atoms with Gasteiger partial charge in [-0.1, -0.05) is 30.3 Å². The van der Waals surface area contributed by atoms with E-state index in [4.69, 9.17) is 22.9 Å². The summed E-state index contributed by atoms with van der Waals surface area (Å²) in [5.74, 6) is -4.77. The van der Waals surface area contributed by atoms with Gasteiger partial charge in [0, 0.05) is 13.0 Å². The first-order valence-corrected chi connectivity index (χ1v) is 15.0. The first-order chi connectivity index (χ1) is 21.8. The Morgan fingerprint density at radius 2 is 1.24 bits per heavy atom. The molecular formula is C29H48N10O7. The van der Waals surface area contributed by atoms with Crippen LogP contribution in [0, 0.1) is 0 Å². The molecule has 1 aromatic carbocycles. The Hall–Kier alpha value is -4.77. The predicted octanol–water partition coefficient (Wildman–Crippen LogP) is -3.08. The number of hydrogen-bond donors (Lipinski definition) is 10. The minimum atomic E-state index is -1.25. The Kier molecular flexibility index (Phi) is 18.0. The molecule has 0 spiro atoms. The van der Waals surface area contributed by atoms with E-state index in [0.717, 1.165) is 0 Å². The third kappa shape index (κ3) is 15.3. The fourth-order valence-electron chi connectivity index (χ4n) is 4.19. The summed E-state index contributed by atoms with van der Waals surface area (Å²) in [4.78, 5) is 79.5. The van der Waals surface area contributed by atoms with Crippen LogP contribution in [0.1, 0.15) is 51.5 Å². The highest BCUT2D eigenvalue weighted by atomic mass is 16.4. The molecule has 0 aliphatic carbocycles. The smallest absolute Gasteiger partial charge is 0.326 e. The number of hydrogen-bond acceptors (Lipinski definition) is 9. The zero-order valence-corrected chi connectivity index (χ0v) is 26.3. The van der Waals surface area contributed by atoms with E-state index in [-0.39, 0.29) is 44.7 Å². The van der Waals surface area contributed by atoms with Crippen LogP contribution in [0.15, 0.2) is 35.3 Å². The monoisotopic (exact) mass is 648 g/mol. The van der Waals surface area contributed by atoms with Gasteiger partial charge in [-0.3, -0.25) is 29.0 Å². The van der Waals surface area contributed by atoms with Gasteiger partial charge >= 0.3 is 5.97 Å². The van der Waals surface area contributed by atoms with E-state index in [2.05, 4.69) is 31.6 Å². The van der Waals surface area contributed by atoms with E-state index in [1.54, 1.807) is 30.3 Å². The lowest BCUT2D eigenvalue weighted by Gasteiger charge is -2.25. The van der Waals surface area contributed by atoms with Crippen molar-refractivity contribution in [3.05, 3.63) is 35.9 Å². The number of unbranched alkanes of at least 4 members (excludes halogenated alkanes) is 1. The fourth-order valence-corrected chi connectivity index (χ4v) is 4.19. The van der Waals surface area contributed by atoms with Crippen LogP contribution in [0.5, 0.6) is 0 Å². The minimum Gasteiger partial charge on any atom is -0.480 e. The number of aliphatic carboxylic acids is 1. The van der Waals surface area contributed by atoms with Crippen molar-refractivity contribution in [1.82, 2.24) is 26.6 Å². The van der Waals surface area contributed by atoms with Crippen molar-refractivity contribution in [2.45, 2.75) is 82.6 Å². The van der Waals surface area contributed by atoms with Crippen molar-refractivity contribution in [3.63, 3.8) is 0 Å². The fraction of sp³-hybridized carbons (Fsp3) is 0.552. The Labute approximate surface area is 268 Å². The molecule has 0 radical (unpaired) electrons. The number of carboxylic acid groups (broad SMARTS) is 1. The SMILES string of the molecule is C[C@H](NC(=O)[C@H](CCCCN)NC(=O)CN)C(=O)N[C@@H](CCCN=C(N)N)C(=O)N[C@@H](C)C(=O)N[C@@H](Cc1ccccc1)C(=O)O. The molecule has 0 aromatic heterocycles. The van der Waals surface area contributed by atoms with Gasteiger partial charge in [0.25, 0.3) is 0 Å². The highest BCUT2D eigenvalue weighted by molar-refractivity contribution is 5.95. The quantitative estimate of drug-likeness (QED) is 0.0362. The number of carboxylic acids is 1. The van der Waals surface area contributed by atoms with Gasteiger partial charge in [-0.25, -0.2) is 4.79 Å². The number of nitrogens with zero attached hydrogens (tertiary/aromatic N) is 1. The van der Waals surface area contributed by atoms with Crippen LogP contribution in [0.2, 0.25) is 0 Å². The number of carbonyl (C=O) groups is 6. The zero-order chi connectivity index (χ0) is 34.6. The maximum Gasteiger partial charge on any atom is 0.326 e. The molecule has 0 saturated carbocycles. The van der Waals surface area contributed by atoms with E-state index >= 15 is 0 Å². The standard InChI is InChI=1S/C29H48N10O7/c1-17(35-26(43)20(11-6-7-13-30)37-23(40)16-31)24(41)38-21(12-8-14-34-29(32)33)27(44)36-18(2)25(42)39-22(28(45)46)15-19-9-4-3-5-10-19/h3-5,9-10,17-18,20-22H,6-8,11-16,30-31H2,1-2H3,(H,35,43)(H,36,44)(H,37,40)(H,38,41)(H,39,42)(H,45,46)(H4,32,33,34)/t17-,18-,20-,21-,22-/m0/s1. The summed E-state index contributed by atoms with van der Waals surface area (Å²) in [7, 11) is 0.